The summed E-state index contributed by atoms with van der Waals surface area (Å²) in [6, 6.07) is 4.27. The smallest absolute Gasteiger partial charge is 0.119 e. The fraction of sp³-hybridized carbons (Fsp3) is 0.625. The SMILES string of the molecule is CCCCc1cc2c(cc1O)C(C)CC2(C)C. The van der Waals surface area contributed by atoms with Crippen LogP contribution in [-0.2, 0) is 11.8 Å². The Morgan fingerprint density at radius 3 is 2.71 bits per heavy atom. The standard InChI is InChI=1S/C16H24O/c1-5-6-7-12-8-14-13(9-15(12)17)11(2)10-16(14,3)4/h8-9,11,17H,5-7,10H2,1-4H3. The Morgan fingerprint density at radius 2 is 2.06 bits per heavy atom. The summed E-state index contributed by atoms with van der Waals surface area (Å²) in [5.74, 6) is 1.08. The Labute approximate surface area is 105 Å². The first-order chi connectivity index (χ1) is 7.95. The average molecular weight is 232 g/mol. The molecule has 1 aromatic rings. The number of phenolic OH excluding ortho intramolecular Hbond substituents is 1. The van der Waals surface area contributed by atoms with Crippen molar-refractivity contribution in [3.05, 3.63) is 28.8 Å². The molecule has 0 amide bonds. The van der Waals surface area contributed by atoms with Gasteiger partial charge in [0.2, 0.25) is 0 Å². The van der Waals surface area contributed by atoms with Crippen molar-refractivity contribution in [3.8, 4) is 5.75 Å². The summed E-state index contributed by atoms with van der Waals surface area (Å²) < 4.78 is 0. The zero-order valence-electron chi connectivity index (χ0n) is 11.5. The van der Waals surface area contributed by atoms with Crippen molar-refractivity contribution in [3.63, 3.8) is 0 Å². The number of aromatic hydroxyl groups is 1. The third kappa shape index (κ3) is 2.20. The third-order valence-corrected chi connectivity index (χ3v) is 4.13. The van der Waals surface area contributed by atoms with Gasteiger partial charge in [-0.1, -0.05) is 40.2 Å². The largest absolute Gasteiger partial charge is 0.508 e. The van der Waals surface area contributed by atoms with E-state index in [1.165, 1.54) is 24.0 Å². The van der Waals surface area contributed by atoms with Crippen LogP contribution in [0.2, 0.25) is 0 Å². The molecule has 1 N–H and O–H groups in total. The molecule has 0 radical (unpaired) electrons. The van der Waals surface area contributed by atoms with Gasteiger partial charge < -0.3 is 5.11 Å². The minimum atomic E-state index is 0.267. The second kappa shape index (κ2) is 4.36. The van der Waals surface area contributed by atoms with Crippen LogP contribution >= 0.6 is 0 Å². The van der Waals surface area contributed by atoms with Crippen molar-refractivity contribution >= 4 is 0 Å². The summed E-state index contributed by atoms with van der Waals surface area (Å²) in [4.78, 5) is 0. The van der Waals surface area contributed by atoms with E-state index in [0.29, 0.717) is 11.7 Å². The minimum Gasteiger partial charge on any atom is -0.508 e. The molecular formula is C16H24O. The number of fused-ring (bicyclic) bond motifs is 1. The molecule has 1 nitrogen and oxygen atoms in total. The number of benzene rings is 1. The molecule has 1 aliphatic carbocycles. The summed E-state index contributed by atoms with van der Waals surface area (Å²) in [5.41, 5.74) is 4.21. The van der Waals surface area contributed by atoms with Crippen molar-refractivity contribution < 1.29 is 5.11 Å². The van der Waals surface area contributed by atoms with E-state index in [1.54, 1.807) is 0 Å². The maximum atomic E-state index is 10.1. The van der Waals surface area contributed by atoms with E-state index in [2.05, 4.69) is 33.8 Å². The molecule has 94 valence electrons. The molecule has 1 unspecified atom stereocenters. The molecule has 1 atom stereocenters. The van der Waals surface area contributed by atoms with Gasteiger partial charge in [0.1, 0.15) is 5.75 Å². The quantitative estimate of drug-likeness (QED) is 0.812. The molecule has 0 spiro atoms. The van der Waals surface area contributed by atoms with Crippen LogP contribution in [0.3, 0.4) is 0 Å². The molecule has 2 rings (SSSR count). The van der Waals surface area contributed by atoms with Crippen molar-refractivity contribution in [1.29, 1.82) is 0 Å². The van der Waals surface area contributed by atoms with Crippen LogP contribution < -0.4 is 0 Å². The van der Waals surface area contributed by atoms with Gasteiger partial charge in [-0.2, -0.15) is 0 Å². The minimum absolute atomic E-state index is 0.267. The highest BCUT2D eigenvalue weighted by Gasteiger charge is 2.35. The molecule has 1 aromatic carbocycles. The topological polar surface area (TPSA) is 20.2 Å². The summed E-state index contributed by atoms with van der Waals surface area (Å²) in [6.45, 7) is 9.08. The predicted octanol–water partition coefficient (Wildman–Crippen LogP) is 4.52. The van der Waals surface area contributed by atoms with E-state index in [-0.39, 0.29) is 5.41 Å². The van der Waals surface area contributed by atoms with E-state index in [1.807, 2.05) is 6.07 Å². The molecule has 0 aromatic heterocycles. The maximum Gasteiger partial charge on any atom is 0.119 e. The van der Waals surface area contributed by atoms with Gasteiger partial charge in [0.15, 0.2) is 0 Å². The third-order valence-electron chi connectivity index (χ3n) is 4.13. The van der Waals surface area contributed by atoms with Crippen molar-refractivity contribution in [2.24, 2.45) is 0 Å². The van der Waals surface area contributed by atoms with Gasteiger partial charge in [-0.15, -0.1) is 0 Å². The normalized spacial score (nSPS) is 21.5. The summed E-state index contributed by atoms with van der Waals surface area (Å²) in [7, 11) is 0. The first kappa shape index (κ1) is 12.5. The van der Waals surface area contributed by atoms with Gasteiger partial charge in [-0.3, -0.25) is 0 Å². The fourth-order valence-electron chi connectivity index (χ4n) is 3.20. The molecular weight excluding hydrogens is 208 g/mol. The van der Waals surface area contributed by atoms with Crippen LogP contribution in [0.4, 0.5) is 0 Å². The molecule has 0 saturated carbocycles. The molecule has 0 heterocycles. The van der Waals surface area contributed by atoms with Gasteiger partial charge in [0.05, 0.1) is 0 Å². The number of unbranched alkanes of at least 4 members (excludes halogenated alkanes) is 1. The lowest BCUT2D eigenvalue weighted by Crippen LogP contribution is -2.12. The zero-order valence-corrected chi connectivity index (χ0v) is 11.5. The predicted molar refractivity (Wildman–Crippen MR) is 72.8 cm³/mol. The second-order valence-corrected chi connectivity index (χ2v) is 6.16. The van der Waals surface area contributed by atoms with Crippen LogP contribution in [0.1, 0.15) is 69.6 Å². The summed E-state index contributed by atoms with van der Waals surface area (Å²) in [5, 5.41) is 10.1. The lowest BCUT2D eigenvalue weighted by molar-refractivity contribution is 0.465. The molecule has 0 bridgehead atoms. The van der Waals surface area contributed by atoms with E-state index < -0.39 is 0 Å². The monoisotopic (exact) mass is 232 g/mol. The Morgan fingerprint density at radius 1 is 1.35 bits per heavy atom. The Kier molecular flexibility index (Phi) is 3.20. The molecule has 0 aliphatic heterocycles. The van der Waals surface area contributed by atoms with E-state index in [0.717, 1.165) is 18.4 Å². The van der Waals surface area contributed by atoms with Crippen LogP contribution in [0.25, 0.3) is 0 Å². The Balaban J connectivity index is 2.41. The maximum absolute atomic E-state index is 10.1. The first-order valence-corrected chi connectivity index (χ1v) is 6.82. The second-order valence-electron chi connectivity index (χ2n) is 6.16. The van der Waals surface area contributed by atoms with Crippen LogP contribution in [-0.4, -0.2) is 5.11 Å². The van der Waals surface area contributed by atoms with E-state index >= 15 is 0 Å². The molecule has 0 fully saturated rings. The summed E-state index contributed by atoms with van der Waals surface area (Å²) >= 11 is 0. The molecule has 1 heteroatoms. The van der Waals surface area contributed by atoms with Gasteiger partial charge >= 0.3 is 0 Å². The number of hydrogen-bond acceptors (Lipinski definition) is 1. The number of rotatable bonds is 3. The summed E-state index contributed by atoms with van der Waals surface area (Å²) in [6.07, 6.45) is 4.53. The zero-order chi connectivity index (χ0) is 12.6. The average Bonchev–Trinajstić information content (AvgIpc) is 2.46. The fourth-order valence-corrected chi connectivity index (χ4v) is 3.20. The van der Waals surface area contributed by atoms with Gasteiger partial charge in [-0.25, -0.2) is 0 Å². The highest BCUT2D eigenvalue weighted by Crippen LogP contribution is 2.47. The van der Waals surface area contributed by atoms with E-state index in [9.17, 15) is 5.11 Å². The lowest BCUT2D eigenvalue weighted by atomic mass is 9.85. The van der Waals surface area contributed by atoms with Gasteiger partial charge in [-0.05, 0) is 53.4 Å². The van der Waals surface area contributed by atoms with Crippen LogP contribution in [0, 0.1) is 0 Å². The molecule has 1 aliphatic rings. The first-order valence-electron chi connectivity index (χ1n) is 6.82. The van der Waals surface area contributed by atoms with Crippen molar-refractivity contribution in [2.75, 3.05) is 0 Å². The molecule has 0 saturated heterocycles. The van der Waals surface area contributed by atoms with E-state index in [4.69, 9.17) is 0 Å². The van der Waals surface area contributed by atoms with Crippen LogP contribution in [0.15, 0.2) is 12.1 Å². The number of aryl methyl sites for hydroxylation is 1. The van der Waals surface area contributed by atoms with Gasteiger partial charge in [0.25, 0.3) is 0 Å². The molecule has 17 heavy (non-hydrogen) atoms. The van der Waals surface area contributed by atoms with Crippen molar-refractivity contribution in [1.82, 2.24) is 0 Å². The lowest BCUT2D eigenvalue weighted by Gasteiger charge is -2.20. The van der Waals surface area contributed by atoms with Gasteiger partial charge in [0, 0.05) is 0 Å². The van der Waals surface area contributed by atoms with Crippen LogP contribution in [0.5, 0.6) is 5.75 Å². The highest BCUT2D eigenvalue weighted by molar-refractivity contribution is 5.49. The highest BCUT2D eigenvalue weighted by atomic mass is 16.3. The van der Waals surface area contributed by atoms with Crippen molar-refractivity contribution in [2.45, 2.75) is 64.7 Å². The number of hydrogen-bond donors (Lipinski definition) is 1. The number of phenols is 1. The Hall–Kier alpha value is -0.980. The Bertz CT molecular complexity index is 418.